The Kier molecular flexibility index (Phi) is 2.23. The van der Waals surface area contributed by atoms with Crippen molar-refractivity contribution in [3.05, 3.63) is 36.2 Å². The third-order valence-corrected chi connectivity index (χ3v) is 2.19. The van der Waals surface area contributed by atoms with Crippen LogP contribution in [0.3, 0.4) is 0 Å². The third kappa shape index (κ3) is 1.48. The number of aromatic amines is 1. The second-order valence-corrected chi connectivity index (χ2v) is 3.12. The van der Waals surface area contributed by atoms with E-state index < -0.39 is 0 Å². The predicted octanol–water partition coefficient (Wildman–Crippen LogP) is 2.39. The first-order valence-electron chi connectivity index (χ1n) is 4.45. The number of nitrogens with zero attached hydrogens (tertiary/aromatic N) is 1. The molecule has 3 heteroatoms. The van der Waals surface area contributed by atoms with Gasteiger partial charge >= 0.3 is 0 Å². The van der Waals surface area contributed by atoms with Gasteiger partial charge < -0.3 is 9.72 Å². The molecule has 0 bridgehead atoms. The second-order valence-electron chi connectivity index (χ2n) is 3.12. The number of imidazole rings is 1. The van der Waals surface area contributed by atoms with Gasteiger partial charge in [0.15, 0.2) is 0 Å². The van der Waals surface area contributed by atoms with E-state index in [1.54, 1.807) is 13.3 Å². The van der Waals surface area contributed by atoms with Crippen molar-refractivity contribution in [3.63, 3.8) is 0 Å². The van der Waals surface area contributed by atoms with Crippen molar-refractivity contribution >= 4 is 0 Å². The van der Waals surface area contributed by atoms with Crippen LogP contribution in [0.15, 0.2) is 30.6 Å². The van der Waals surface area contributed by atoms with Gasteiger partial charge in [-0.25, -0.2) is 4.98 Å². The van der Waals surface area contributed by atoms with Gasteiger partial charge in [0.25, 0.3) is 0 Å². The lowest BCUT2D eigenvalue weighted by molar-refractivity contribution is 0.414. The summed E-state index contributed by atoms with van der Waals surface area (Å²) < 4.78 is 5.14. The molecule has 0 radical (unpaired) electrons. The summed E-state index contributed by atoms with van der Waals surface area (Å²) >= 11 is 0. The van der Waals surface area contributed by atoms with Crippen LogP contribution in [-0.2, 0) is 0 Å². The molecule has 0 amide bonds. The first kappa shape index (κ1) is 8.81. The van der Waals surface area contributed by atoms with Gasteiger partial charge in [-0.05, 0) is 30.7 Å². The quantitative estimate of drug-likeness (QED) is 0.785. The second kappa shape index (κ2) is 3.54. The Morgan fingerprint density at radius 3 is 2.79 bits per heavy atom. The molecule has 0 aliphatic heterocycles. The van der Waals surface area contributed by atoms with Crippen molar-refractivity contribution in [2.24, 2.45) is 0 Å². The lowest BCUT2D eigenvalue weighted by Gasteiger charge is -2.05. The molecule has 1 N–H and O–H groups in total. The van der Waals surface area contributed by atoms with E-state index >= 15 is 0 Å². The minimum atomic E-state index is 0.873. The monoisotopic (exact) mass is 188 g/mol. The van der Waals surface area contributed by atoms with Crippen LogP contribution < -0.4 is 4.74 Å². The Morgan fingerprint density at radius 1 is 1.36 bits per heavy atom. The van der Waals surface area contributed by atoms with Crippen molar-refractivity contribution in [3.8, 4) is 17.1 Å². The highest BCUT2D eigenvalue weighted by Gasteiger charge is 2.04. The number of aryl methyl sites for hydroxylation is 1. The molecule has 72 valence electrons. The molecule has 0 aliphatic rings. The van der Waals surface area contributed by atoms with Crippen LogP contribution in [0.25, 0.3) is 11.4 Å². The van der Waals surface area contributed by atoms with Crippen molar-refractivity contribution in [2.75, 3.05) is 7.11 Å². The van der Waals surface area contributed by atoms with Gasteiger partial charge in [0.05, 0.1) is 7.11 Å². The Balaban J connectivity index is 2.46. The molecule has 3 nitrogen and oxygen atoms in total. The summed E-state index contributed by atoms with van der Waals surface area (Å²) in [5.41, 5.74) is 2.26. The maximum absolute atomic E-state index is 5.14. The molecule has 0 fully saturated rings. The summed E-state index contributed by atoms with van der Waals surface area (Å²) in [4.78, 5) is 7.29. The number of hydrogen-bond acceptors (Lipinski definition) is 2. The smallest absolute Gasteiger partial charge is 0.137 e. The highest BCUT2D eigenvalue weighted by molar-refractivity contribution is 5.61. The van der Waals surface area contributed by atoms with E-state index in [0.29, 0.717) is 0 Å². The zero-order chi connectivity index (χ0) is 9.97. The average molecular weight is 188 g/mol. The van der Waals surface area contributed by atoms with Gasteiger partial charge in [-0.15, -0.1) is 0 Å². The molecule has 2 aromatic rings. The fourth-order valence-electron chi connectivity index (χ4n) is 1.44. The summed E-state index contributed by atoms with van der Waals surface area (Å²) in [5, 5.41) is 0. The first-order valence-corrected chi connectivity index (χ1v) is 4.45. The molecule has 0 unspecified atom stereocenters. The number of methoxy groups -OCH3 is 1. The number of benzene rings is 1. The lowest BCUT2D eigenvalue weighted by Crippen LogP contribution is -1.88. The Morgan fingerprint density at radius 2 is 2.21 bits per heavy atom. The van der Waals surface area contributed by atoms with Crippen LogP contribution in [0.4, 0.5) is 0 Å². The molecular weight excluding hydrogens is 176 g/mol. The highest BCUT2D eigenvalue weighted by Crippen LogP contribution is 2.23. The SMILES string of the molecule is COc1ccc(-c2ncc[nH]2)c(C)c1. The zero-order valence-corrected chi connectivity index (χ0v) is 8.24. The third-order valence-electron chi connectivity index (χ3n) is 2.19. The standard InChI is InChI=1S/C11H12N2O/c1-8-7-9(14-2)3-4-10(8)11-12-5-6-13-11/h3-7H,1-2H3,(H,12,13). The van der Waals surface area contributed by atoms with Crippen molar-refractivity contribution in [1.29, 1.82) is 0 Å². The van der Waals surface area contributed by atoms with Crippen LogP contribution in [-0.4, -0.2) is 17.1 Å². The molecule has 0 saturated heterocycles. The van der Waals surface area contributed by atoms with Crippen LogP contribution in [0.2, 0.25) is 0 Å². The molecule has 0 saturated carbocycles. The van der Waals surface area contributed by atoms with Gasteiger partial charge in [0.1, 0.15) is 11.6 Å². The van der Waals surface area contributed by atoms with Crippen molar-refractivity contribution < 1.29 is 4.74 Å². The van der Waals surface area contributed by atoms with Gasteiger partial charge in [0.2, 0.25) is 0 Å². The van der Waals surface area contributed by atoms with Gasteiger partial charge in [0, 0.05) is 18.0 Å². The minimum Gasteiger partial charge on any atom is -0.497 e. The largest absolute Gasteiger partial charge is 0.497 e. The van der Waals surface area contributed by atoms with E-state index in [9.17, 15) is 0 Å². The van der Waals surface area contributed by atoms with Gasteiger partial charge in [-0.1, -0.05) is 0 Å². The molecule has 0 atom stereocenters. The van der Waals surface area contributed by atoms with E-state index in [-0.39, 0.29) is 0 Å². The van der Waals surface area contributed by atoms with E-state index in [0.717, 1.165) is 22.7 Å². The normalized spacial score (nSPS) is 10.1. The summed E-state index contributed by atoms with van der Waals surface area (Å²) in [7, 11) is 1.67. The number of aromatic nitrogens is 2. The molecule has 2 rings (SSSR count). The topological polar surface area (TPSA) is 37.9 Å². The minimum absolute atomic E-state index is 0.873. The lowest BCUT2D eigenvalue weighted by atomic mass is 10.1. The summed E-state index contributed by atoms with van der Waals surface area (Å²) in [6.07, 6.45) is 3.57. The highest BCUT2D eigenvalue weighted by atomic mass is 16.5. The van der Waals surface area contributed by atoms with E-state index in [4.69, 9.17) is 4.74 Å². The van der Waals surface area contributed by atoms with E-state index in [2.05, 4.69) is 9.97 Å². The van der Waals surface area contributed by atoms with E-state index in [1.165, 1.54) is 0 Å². The number of hydrogen-bond donors (Lipinski definition) is 1. The van der Waals surface area contributed by atoms with Crippen LogP contribution in [0.5, 0.6) is 5.75 Å². The van der Waals surface area contributed by atoms with Gasteiger partial charge in [-0.2, -0.15) is 0 Å². The zero-order valence-electron chi connectivity index (χ0n) is 8.24. The van der Waals surface area contributed by atoms with Crippen molar-refractivity contribution in [1.82, 2.24) is 9.97 Å². The Labute approximate surface area is 82.8 Å². The molecule has 0 aliphatic carbocycles. The maximum atomic E-state index is 5.14. The number of H-pyrrole nitrogens is 1. The van der Waals surface area contributed by atoms with Crippen LogP contribution >= 0.6 is 0 Å². The van der Waals surface area contributed by atoms with Crippen LogP contribution in [0, 0.1) is 6.92 Å². The summed E-state index contributed by atoms with van der Waals surface area (Å²) in [6.45, 7) is 2.04. The van der Waals surface area contributed by atoms with Crippen LogP contribution in [0.1, 0.15) is 5.56 Å². The summed E-state index contributed by atoms with van der Waals surface area (Å²) in [6, 6.07) is 5.94. The molecular formula is C11H12N2O. The Bertz CT molecular complexity index is 421. The Hall–Kier alpha value is -1.77. The molecule has 1 aromatic carbocycles. The number of ether oxygens (including phenoxy) is 1. The maximum Gasteiger partial charge on any atom is 0.137 e. The first-order chi connectivity index (χ1) is 6.81. The van der Waals surface area contributed by atoms with Gasteiger partial charge in [-0.3, -0.25) is 0 Å². The predicted molar refractivity (Wildman–Crippen MR) is 55.3 cm³/mol. The number of rotatable bonds is 2. The molecule has 14 heavy (non-hydrogen) atoms. The summed E-state index contributed by atoms with van der Waals surface area (Å²) in [5.74, 6) is 1.77. The number of nitrogens with one attached hydrogen (secondary N) is 1. The fraction of sp³-hybridized carbons (Fsp3) is 0.182. The van der Waals surface area contributed by atoms with Crippen molar-refractivity contribution in [2.45, 2.75) is 6.92 Å². The molecule has 1 aromatic heterocycles. The van der Waals surface area contributed by atoms with E-state index in [1.807, 2.05) is 31.3 Å². The average Bonchev–Trinajstić information content (AvgIpc) is 2.70. The molecule has 1 heterocycles. The fourth-order valence-corrected chi connectivity index (χ4v) is 1.44. The molecule has 0 spiro atoms.